The van der Waals surface area contributed by atoms with Gasteiger partial charge in [0.1, 0.15) is 12.7 Å². The topological polar surface area (TPSA) is 54.0 Å². The first-order valence-electron chi connectivity index (χ1n) is 11.5. The van der Waals surface area contributed by atoms with Crippen molar-refractivity contribution in [1.29, 1.82) is 0 Å². The molecule has 1 saturated carbocycles. The van der Waals surface area contributed by atoms with Gasteiger partial charge < -0.3 is 19.9 Å². The second-order valence-corrected chi connectivity index (χ2v) is 8.77. The maximum atomic E-state index is 10.5. The molecular weight excluding hydrogens is 388 g/mol. The zero-order chi connectivity index (χ0) is 21.9. The molecular formula is C26H38N2O3. The molecule has 0 saturated heterocycles. The van der Waals surface area contributed by atoms with Crippen molar-refractivity contribution < 1.29 is 14.6 Å². The number of aliphatic hydroxyl groups excluding tert-OH is 1. The lowest BCUT2D eigenvalue weighted by molar-refractivity contribution is 0.0732. The molecule has 0 spiro atoms. The lowest BCUT2D eigenvalue weighted by atomic mass is 9.89. The first-order valence-corrected chi connectivity index (χ1v) is 11.5. The molecule has 2 aromatic carbocycles. The standard InChI is InChI=1S/C26H38N2O3/c1-28(18-22-11-7-4-8-12-22)19-24(29)20-31-26-15-23(13-14-25(26)30-2)17-27-16-21-9-5-3-6-10-21/h4,7-8,11-15,21,24,27,29H,3,5-6,9-10,16-20H2,1-2H3. The third kappa shape index (κ3) is 8.17. The fourth-order valence-corrected chi connectivity index (χ4v) is 4.31. The van der Waals surface area contributed by atoms with Gasteiger partial charge in [0.2, 0.25) is 0 Å². The fraction of sp³-hybridized carbons (Fsp3) is 0.538. The summed E-state index contributed by atoms with van der Waals surface area (Å²) in [6, 6.07) is 16.3. The number of likely N-dealkylation sites (N-methyl/N-ethyl adjacent to an activating group) is 1. The number of aliphatic hydroxyl groups is 1. The van der Waals surface area contributed by atoms with E-state index in [-0.39, 0.29) is 6.61 Å². The molecule has 170 valence electrons. The lowest BCUT2D eigenvalue weighted by Crippen LogP contribution is -2.32. The van der Waals surface area contributed by atoms with Crippen LogP contribution in [0.1, 0.15) is 43.2 Å². The van der Waals surface area contributed by atoms with Crippen LogP contribution in [0, 0.1) is 5.92 Å². The third-order valence-corrected chi connectivity index (χ3v) is 5.96. The molecule has 5 heteroatoms. The molecule has 1 atom stereocenters. The van der Waals surface area contributed by atoms with Gasteiger partial charge in [0.15, 0.2) is 11.5 Å². The second kappa shape index (κ2) is 12.7. The molecule has 1 aliphatic rings. The maximum Gasteiger partial charge on any atom is 0.161 e. The highest BCUT2D eigenvalue weighted by atomic mass is 16.5. The van der Waals surface area contributed by atoms with Crippen molar-refractivity contribution in [2.75, 3.05) is 33.9 Å². The molecule has 2 aromatic rings. The molecule has 31 heavy (non-hydrogen) atoms. The highest BCUT2D eigenvalue weighted by Crippen LogP contribution is 2.28. The van der Waals surface area contributed by atoms with E-state index in [0.29, 0.717) is 18.0 Å². The molecule has 1 fully saturated rings. The smallest absolute Gasteiger partial charge is 0.161 e. The molecule has 1 unspecified atom stereocenters. The van der Waals surface area contributed by atoms with E-state index < -0.39 is 6.10 Å². The number of nitrogens with one attached hydrogen (secondary N) is 1. The Morgan fingerprint density at radius 1 is 1.03 bits per heavy atom. The normalized spacial score (nSPS) is 15.7. The summed E-state index contributed by atoms with van der Waals surface area (Å²) < 4.78 is 11.4. The number of hydrogen-bond acceptors (Lipinski definition) is 5. The molecule has 0 aliphatic heterocycles. The van der Waals surface area contributed by atoms with Crippen molar-refractivity contribution in [2.24, 2.45) is 5.92 Å². The second-order valence-electron chi connectivity index (χ2n) is 8.77. The van der Waals surface area contributed by atoms with Crippen LogP contribution >= 0.6 is 0 Å². The van der Waals surface area contributed by atoms with Gasteiger partial charge in [-0.25, -0.2) is 0 Å². The van der Waals surface area contributed by atoms with Gasteiger partial charge in [-0.05, 0) is 55.6 Å². The van der Waals surface area contributed by atoms with Crippen molar-refractivity contribution in [2.45, 2.75) is 51.3 Å². The summed E-state index contributed by atoms with van der Waals surface area (Å²) in [6.07, 6.45) is 6.25. The van der Waals surface area contributed by atoms with Crippen LogP contribution in [0.2, 0.25) is 0 Å². The van der Waals surface area contributed by atoms with E-state index >= 15 is 0 Å². The van der Waals surface area contributed by atoms with Crippen LogP contribution < -0.4 is 14.8 Å². The van der Waals surface area contributed by atoms with E-state index in [1.54, 1.807) is 7.11 Å². The van der Waals surface area contributed by atoms with Gasteiger partial charge in [0.25, 0.3) is 0 Å². The average Bonchev–Trinajstić information content (AvgIpc) is 2.79. The average molecular weight is 427 g/mol. The Bertz CT molecular complexity index is 763. The Labute approximate surface area is 187 Å². The van der Waals surface area contributed by atoms with Gasteiger partial charge in [-0.3, -0.25) is 4.90 Å². The van der Waals surface area contributed by atoms with Gasteiger partial charge >= 0.3 is 0 Å². The minimum atomic E-state index is -0.577. The fourth-order valence-electron chi connectivity index (χ4n) is 4.31. The van der Waals surface area contributed by atoms with Gasteiger partial charge in [-0.15, -0.1) is 0 Å². The summed E-state index contributed by atoms with van der Waals surface area (Å²) in [5, 5.41) is 14.1. The van der Waals surface area contributed by atoms with Gasteiger partial charge in [-0.1, -0.05) is 55.7 Å². The zero-order valence-electron chi connectivity index (χ0n) is 19.1. The van der Waals surface area contributed by atoms with Crippen LogP contribution in [0.15, 0.2) is 48.5 Å². The molecule has 3 rings (SSSR count). The first kappa shape index (κ1) is 23.6. The summed E-state index contributed by atoms with van der Waals surface area (Å²) in [7, 11) is 3.66. The van der Waals surface area contributed by atoms with Gasteiger partial charge in [-0.2, -0.15) is 0 Å². The van der Waals surface area contributed by atoms with Crippen LogP contribution in [-0.4, -0.2) is 50.0 Å². The van der Waals surface area contributed by atoms with E-state index in [9.17, 15) is 5.11 Å². The molecule has 0 amide bonds. The summed E-state index contributed by atoms with van der Waals surface area (Å²) in [5.41, 5.74) is 2.40. The summed E-state index contributed by atoms with van der Waals surface area (Å²) in [6.45, 7) is 3.46. The Kier molecular flexibility index (Phi) is 9.66. The summed E-state index contributed by atoms with van der Waals surface area (Å²) in [5.74, 6) is 2.19. The quantitative estimate of drug-likeness (QED) is 0.532. The van der Waals surface area contributed by atoms with Gasteiger partial charge in [0.05, 0.1) is 7.11 Å². The third-order valence-electron chi connectivity index (χ3n) is 5.96. The molecule has 0 heterocycles. The lowest BCUT2D eigenvalue weighted by Gasteiger charge is -2.22. The maximum absolute atomic E-state index is 10.5. The Morgan fingerprint density at radius 3 is 2.55 bits per heavy atom. The van der Waals surface area contributed by atoms with E-state index in [0.717, 1.165) is 25.6 Å². The number of nitrogens with zero attached hydrogens (tertiary/aromatic N) is 1. The number of benzene rings is 2. The molecule has 0 radical (unpaired) electrons. The van der Waals surface area contributed by atoms with E-state index in [2.05, 4.69) is 28.4 Å². The number of ether oxygens (including phenoxy) is 2. The van der Waals surface area contributed by atoms with Crippen LogP contribution in [0.25, 0.3) is 0 Å². The largest absolute Gasteiger partial charge is 0.493 e. The monoisotopic (exact) mass is 426 g/mol. The first-order chi connectivity index (χ1) is 15.1. The van der Waals surface area contributed by atoms with Gasteiger partial charge in [0, 0.05) is 19.6 Å². The van der Waals surface area contributed by atoms with E-state index in [1.165, 1.54) is 43.2 Å². The van der Waals surface area contributed by atoms with Crippen molar-refractivity contribution in [3.05, 3.63) is 59.7 Å². The van der Waals surface area contributed by atoms with Crippen molar-refractivity contribution >= 4 is 0 Å². The summed E-state index contributed by atoms with van der Waals surface area (Å²) in [4.78, 5) is 2.10. The molecule has 0 aromatic heterocycles. The Hall–Kier alpha value is -2.08. The molecule has 0 bridgehead atoms. The summed E-state index contributed by atoms with van der Waals surface area (Å²) >= 11 is 0. The van der Waals surface area contributed by atoms with E-state index in [4.69, 9.17) is 9.47 Å². The Balaban J connectivity index is 1.45. The SMILES string of the molecule is COc1ccc(CNCC2CCCCC2)cc1OCC(O)CN(C)Cc1ccccc1. The molecule has 5 nitrogen and oxygen atoms in total. The highest BCUT2D eigenvalue weighted by molar-refractivity contribution is 5.43. The van der Waals surface area contributed by atoms with Crippen LogP contribution in [0.5, 0.6) is 11.5 Å². The van der Waals surface area contributed by atoms with E-state index in [1.807, 2.05) is 37.4 Å². The van der Waals surface area contributed by atoms with Crippen molar-refractivity contribution in [3.8, 4) is 11.5 Å². The predicted octanol–water partition coefficient (Wildman–Crippen LogP) is 4.24. The molecule has 2 N–H and O–H groups in total. The number of methoxy groups -OCH3 is 1. The van der Waals surface area contributed by atoms with Crippen molar-refractivity contribution in [1.82, 2.24) is 10.2 Å². The minimum Gasteiger partial charge on any atom is -0.493 e. The minimum absolute atomic E-state index is 0.231. The van der Waals surface area contributed by atoms with Crippen LogP contribution in [0.3, 0.4) is 0 Å². The number of hydrogen-bond donors (Lipinski definition) is 2. The number of rotatable bonds is 12. The molecule has 1 aliphatic carbocycles. The zero-order valence-corrected chi connectivity index (χ0v) is 19.1. The Morgan fingerprint density at radius 2 is 1.81 bits per heavy atom. The predicted molar refractivity (Wildman–Crippen MR) is 126 cm³/mol. The highest BCUT2D eigenvalue weighted by Gasteiger charge is 2.14. The van der Waals surface area contributed by atoms with Crippen LogP contribution in [0.4, 0.5) is 0 Å². The van der Waals surface area contributed by atoms with Crippen molar-refractivity contribution in [3.63, 3.8) is 0 Å². The van der Waals surface area contributed by atoms with Crippen LogP contribution in [-0.2, 0) is 13.1 Å².